The summed E-state index contributed by atoms with van der Waals surface area (Å²) in [5.74, 6) is 1.08. The van der Waals surface area contributed by atoms with Crippen LogP contribution in [0.15, 0.2) is 48.5 Å². The summed E-state index contributed by atoms with van der Waals surface area (Å²) in [6, 6.07) is 13.8. The van der Waals surface area contributed by atoms with Gasteiger partial charge < -0.3 is 15.6 Å². The Hall–Kier alpha value is -3.48. The van der Waals surface area contributed by atoms with Crippen LogP contribution < -0.4 is 11.1 Å². The molecule has 1 aliphatic rings. The van der Waals surface area contributed by atoms with Crippen LogP contribution >= 0.6 is 0 Å². The molecule has 1 aromatic heterocycles. The Kier molecular flexibility index (Phi) is 4.89. The summed E-state index contributed by atoms with van der Waals surface area (Å²) in [6.07, 6.45) is 4.41. The Bertz CT molecular complexity index is 1020. The third-order valence-electron chi connectivity index (χ3n) is 4.92. The monoisotopic (exact) mass is 375 g/mol. The van der Waals surface area contributed by atoms with Crippen molar-refractivity contribution < 1.29 is 9.59 Å². The smallest absolute Gasteiger partial charge is 0.255 e. The Balaban J connectivity index is 1.55. The van der Waals surface area contributed by atoms with E-state index in [0.29, 0.717) is 16.8 Å². The highest BCUT2D eigenvalue weighted by atomic mass is 16.2. The highest BCUT2D eigenvalue weighted by Gasteiger charge is 2.16. The van der Waals surface area contributed by atoms with Crippen LogP contribution in [0.1, 0.15) is 45.8 Å². The van der Waals surface area contributed by atoms with Crippen LogP contribution in [0.4, 0.5) is 5.69 Å². The fourth-order valence-electron chi connectivity index (χ4n) is 3.42. The van der Waals surface area contributed by atoms with Gasteiger partial charge in [0.05, 0.1) is 0 Å². The number of anilines is 1. The van der Waals surface area contributed by atoms with E-state index in [0.717, 1.165) is 43.0 Å². The zero-order valence-electron chi connectivity index (χ0n) is 15.4. The number of hydrogen-bond acceptors (Lipinski definition) is 4. The van der Waals surface area contributed by atoms with Crippen LogP contribution in [0.5, 0.6) is 0 Å². The number of benzene rings is 2. The topological polar surface area (TPSA) is 103 Å². The number of amides is 2. The van der Waals surface area contributed by atoms with E-state index in [4.69, 9.17) is 5.73 Å². The molecule has 0 aliphatic carbocycles. The molecule has 4 rings (SSSR count). The number of nitrogens with one attached hydrogen (secondary N) is 1. The van der Waals surface area contributed by atoms with Crippen molar-refractivity contribution in [2.45, 2.75) is 32.2 Å². The highest BCUT2D eigenvalue weighted by molar-refractivity contribution is 6.05. The molecule has 0 saturated carbocycles. The van der Waals surface area contributed by atoms with E-state index in [2.05, 4.69) is 20.1 Å². The van der Waals surface area contributed by atoms with Crippen LogP contribution in [-0.4, -0.2) is 26.6 Å². The van der Waals surface area contributed by atoms with Crippen LogP contribution in [-0.2, 0) is 13.0 Å². The van der Waals surface area contributed by atoms with Gasteiger partial charge in [-0.1, -0.05) is 18.6 Å². The van der Waals surface area contributed by atoms with Crippen molar-refractivity contribution in [3.8, 4) is 11.4 Å². The largest absolute Gasteiger partial charge is 0.366 e. The molecule has 3 N–H and O–H groups in total. The van der Waals surface area contributed by atoms with Gasteiger partial charge in [0.2, 0.25) is 5.91 Å². The number of carbonyl (C=O) groups is 2. The fraction of sp³-hybridized carbons (Fsp3) is 0.238. The van der Waals surface area contributed by atoms with Gasteiger partial charge in [-0.25, -0.2) is 0 Å². The molecule has 28 heavy (non-hydrogen) atoms. The molecule has 1 aliphatic heterocycles. The van der Waals surface area contributed by atoms with Crippen molar-refractivity contribution >= 4 is 17.5 Å². The number of fused-ring (bicyclic) bond motifs is 1. The quantitative estimate of drug-likeness (QED) is 0.731. The maximum absolute atomic E-state index is 12.5. The average Bonchev–Trinajstić information content (AvgIpc) is 2.96. The van der Waals surface area contributed by atoms with Gasteiger partial charge in [0.15, 0.2) is 5.82 Å². The van der Waals surface area contributed by atoms with E-state index < -0.39 is 5.91 Å². The minimum absolute atomic E-state index is 0.256. The molecule has 7 heteroatoms. The SMILES string of the molecule is NC(=O)c1ccc(C(=O)Nc2cccc(-c3nnc4n3CCCCC4)c2)cc1. The van der Waals surface area contributed by atoms with Gasteiger partial charge >= 0.3 is 0 Å². The third-order valence-corrected chi connectivity index (χ3v) is 4.92. The number of aromatic nitrogens is 3. The highest BCUT2D eigenvalue weighted by Crippen LogP contribution is 2.25. The normalized spacial score (nSPS) is 13.4. The Morgan fingerprint density at radius 1 is 0.964 bits per heavy atom. The average molecular weight is 375 g/mol. The maximum atomic E-state index is 12.5. The molecule has 7 nitrogen and oxygen atoms in total. The van der Waals surface area contributed by atoms with E-state index in [1.54, 1.807) is 24.3 Å². The standard InChI is InChI=1S/C21H21N5O2/c22-19(27)14-8-10-15(11-9-14)21(28)23-17-6-4-5-16(13-17)20-25-24-18-7-2-1-3-12-26(18)20/h4-6,8-11,13H,1-3,7,12H2,(H2,22,27)(H,23,28). The van der Waals surface area contributed by atoms with E-state index in [1.165, 1.54) is 6.42 Å². The summed E-state index contributed by atoms with van der Waals surface area (Å²) in [4.78, 5) is 23.7. The lowest BCUT2D eigenvalue weighted by Crippen LogP contribution is -2.14. The number of carbonyl (C=O) groups excluding carboxylic acids is 2. The Labute approximate surface area is 162 Å². The summed E-state index contributed by atoms with van der Waals surface area (Å²) < 4.78 is 2.18. The molecule has 3 aromatic rings. The van der Waals surface area contributed by atoms with Crippen LogP contribution in [0, 0.1) is 0 Å². The van der Waals surface area contributed by atoms with Gasteiger partial charge in [0.25, 0.3) is 5.91 Å². The predicted octanol–water partition coefficient (Wildman–Crippen LogP) is 3.02. The molecule has 0 radical (unpaired) electrons. The van der Waals surface area contributed by atoms with Crippen LogP contribution in [0.2, 0.25) is 0 Å². The van der Waals surface area contributed by atoms with Gasteiger partial charge in [-0.2, -0.15) is 0 Å². The lowest BCUT2D eigenvalue weighted by Gasteiger charge is -2.10. The number of primary amides is 1. The fourth-order valence-corrected chi connectivity index (χ4v) is 3.42. The van der Waals surface area contributed by atoms with Crippen LogP contribution in [0.25, 0.3) is 11.4 Å². The van der Waals surface area contributed by atoms with E-state index in [-0.39, 0.29) is 5.91 Å². The first-order valence-electron chi connectivity index (χ1n) is 9.35. The van der Waals surface area contributed by atoms with E-state index in [9.17, 15) is 9.59 Å². The minimum Gasteiger partial charge on any atom is -0.366 e. The van der Waals surface area contributed by atoms with Gasteiger partial charge in [-0.15, -0.1) is 10.2 Å². The number of nitrogens with two attached hydrogens (primary N) is 1. The predicted molar refractivity (Wildman–Crippen MR) is 106 cm³/mol. The Morgan fingerprint density at radius 3 is 2.54 bits per heavy atom. The van der Waals surface area contributed by atoms with Crippen molar-refractivity contribution in [3.63, 3.8) is 0 Å². The molecular formula is C21H21N5O2. The van der Waals surface area contributed by atoms with Gasteiger partial charge in [-0.05, 0) is 49.2 Å². The summed E-state index contributed by atoms with van der Waals surface area (Å²) in [7, 11) is 0. The minimum atomic E-state index is -0.521. The second-order valence-corrected chi connectivity index (χ2v) is 6.88. The molecule has 0 atom stereocenters. The third kappa shape index (κ3) is 3.64. The molecule has 0 spiro atoms. The second-order valence-electron chi connectivity index (χ2n) is 6.88. The molecular weight excluding hydrogens is 354 g/mol. The van der Waals surface area contributed by atoms with Gasteiger partial charge in [-0.3, -0.25) is 9.59 Å². The van der Waals surface area contributed by atoms with Crippen molar-refractivity contribution in [3.05, 3.63) is 65.5 Å². The number of rotatable bonds is 4. The summed E-state index contributed by atoms with van der Waals surface area (Å²) in [6.45, 7) is 0.917. The lowest BCUT2D eigenvalue weighted by molar-refractivity contribution is 0.0995. The van der Waals surface area contributed by atoms with Crippen LogP contribution in [0.3, 0.4) is 0 Å². The zero-order chi connectivity index (χ0) is 19.5. The summed E-state index contributed by atoms with van der Waals surface area (Å²) in [5.41, 5.74) is 7.64. The molecule has 2 aromatic carbocycles. The van der Waals surface area contributed by atoms with Crippen molar-refractivity contribution in [2.75, 3.05) is 5.32 Å². The maximum Gasteiger partial charge on any atom is 0.255 e. The molecule has 0 unspecified atom stereocenters. The van der Waals surface area contributed by atoms with Gasteiger partial charge in [0, 0.05) is 35.3 Å². The van der Waals surface area contributed by atoms with E-state index in [1.807, 2.05) is 24.3 Å². The first kappa shape index (κ1) is 17.9. The summed E-state index contributed by atoms with van der Waals surface area (Å²) in [5, 5.41) is 11.6. The molecule has 0 saturated heterocycles. The number of nitrogens with zero attached hydrogens (tertiary/aromatic N) is 3. The van der Waals surface area contributed by atoms with E-state index >= 15 is 0 Å². The molecule has 2 amide bonds. The molecule has 0 fully saturated rings. The van der Waals surface area contributed by atoms with Crippen molar-refractivity contribution in [2.24, 2.45) is 5.73 Å². The van der Waals surface area contributed by atoms with Gasteiger partial charge in [0.1, 0.15) is 5.82 Å². The first-order valence-corrected chi connectivity index (χ1v) is 9.35. The summed E-state index contributed by atoms with van der Waals surface area (Å²) >= 11 is 0. The zero-order valence-corrected chi connectivity index (χ0v) is 15.4. The number of hydrogen-bond donors (Lipinski definition) is 2. The van der Waals surface area contributed by atoms with Crippen molar-refractivity contribution in [1.29, 1.82) is 0 Å². The molecule has 2 heterocycles. The first-order chi connectivity index (χ1) is 13.6. The lowest BCUT2D eigenvalue weighted by atomic mass is 10.1. The second kappa shape index (κ2) is 7.64. The Morgan fingerprint density at radius 2 is 1.75 bits per heavy atom. The molecule has 142 valence electrons. The molecule has 0 bridgehead atoms. The number of aryl methyl sites for hydroxylation is 1. The van der Waals surface area contributed by atoms with Crippen molar-refractivity contribution in [1.82, 2.24) is 14.8 Å².